The molecule has 0 aliphatic rings. The third kappa shape index (κ3) is 3.23. The average molecular weight is 181 g/mol. The number of carbonyl (C=O) groups excluding carboxylic acids is 1. The minimum atomic E-state index is -1.94. The molecule has 0 saturated carbocycles. The van der Waals surface area contributed by atoms with Gasteiger partial charge in [-0.2, -0.15) is 0 Å². The monoisotopic (exact) mass is 181 g/mol. The maximum atomic E-state index is 10.3. The Morgan fingerprint density at radius 1 is 1.31 bits per heavy atom. The van der Waals surface area contributed by atoms with Crippen molar-refractivity contribution in [3.63, 3.8) is 0 Å². The Morgan fingerprint density at radius 3 is 2.23 bits per heavy atom. The SMILES string of the molecule is CC(O)(O)Nc1ccc(C=O)cc1. The molecule has 0 fully saturated rings. The minimum absolute atomic E-state index is 0.540. The van der Waals surface area contributed by atoms with Crippen LogP contribution in [-0.4, -0.2) is 22.4 Å². The van der Waals surface area contributed by atoms with Crippen LogP contribution in [0.4, 0.5) is 5.69 Å². The van der Waals surface area contributed by atoms with Gasteiger partial charge in [0.25, 0.3) is 0 Å². The Labute approximate surface area is 75.8 Å². The minimum Gasteiger partial charge on any atom is -0.349 e. The molecule has 0 radical (unpaired) electrons. The van der Waals surface area contributed by atoms with Crippen LogP contribution in [0.5, 0.6) is 0 Å². The number of rotatable bonds is 3. The highest BCUT2D eigenvalue weighted by Gasteiger charge is 2.13. The summed E-state index contributed by atoms with van der Waals surface area (Å²) in [5.74, 6) is -1.94. The van der Waals surface area contributed by atoms with E-state index in [1.807, 2.05) is 0 Å². The van der Waals surface area contributed by atoms with Crippen molar-refractivity contribution in [2.24, 2.45) is 0 Å². The zero-order chi connectivity index (χ0) is 9.90. The highest BCUT2D eigenvalue weighted by atomic mass is 16.5. The first-order valence-corrected chi connectivity index (χ1v) is 3.79. The van der Waals surface area contributed by atoms with E-state index >= 15 is 0 Å². The molecule has 0 spiro atoms. The summed E-state index contributed by atoms with van der Waals surface area (Å²) in [5, 5.41) is 20.4. The molecule has 70 valence electrons. The van der Waals surface area contributed by atoms with E-state index in [2.05, 4.69) is 5.32 Å². The van der Waals surface area contributed by atoms with E-state index < -0.39 is 5.91 Å². The summed E-state index contributed by atoms with van der Waals surface area (Å²) in [6, 6.07) is 6.35. The lowest BCUT2D eigenvalue weighted by Gasteiger charge is -2.18. The lowest BCUT2D eigenvalue weighted by molar-refractivity contribution is -0.118. The second kappa shape index (κ2) is 3.55. The molecular formula is C9H11NO3. The summed E-state index contributed by atoms with van der Waals surface area (Å²) in [6.07, 6.45) is 0.723. The van der Waals surface area contributed by atoms with Gasteiger partial charge in [0.15, 0.2) is 0 Å². The molecule has 0 heterocycles. The van der Waals surface area contributed by atoms with Gasteiger partial charge < -0.3 is 15.5 Å². The van der Waals surface area contributed by atoms with Crippen LogP contribution in [0.3, 0.4) is 0 Å². The lowest BCUT2D eigenvalue weighted by Crippen LogP contribution is -2.33. The van der Waals surface area contributed by atoms with Crippen molar-refractivity contribution >= 4 is 12.0 Å². The van der Waals surface area contributed by atoms with Gasteiger partial charge in [0.2, 0.25) is 5.91 Å². The maximum Gasteiger partial charge on any atom is 0.241 e. The number of anilines is 1. The van der Waals surface area contributed by atoms with Crippen molar-refractivity contribution in [2.75, 3.05) is 5.32 Å². The van der Waals surface area contributed by atoms with E-state index in [1.165, 1.54) is 6.92 Å². The Morgan fingerprint density at radius 2 is 1.85 bits per heavy atom. The second-order valence-corrected chi connectivity index (χ2v) is 2.89. The van der Waals surface area contributed by atoms with Crippen LogP contribution in [0.25, 0.3) is 0 Å². The first-order chi connectivity index (χ1) is 6.01. The van der Waals surface area contributed by atoms with E-state index in [0.717, 1.165) is 6.29 Å². The third-order valence-electron chi connectivity index (χ3n) is 1.43. The van der Waals surface area contributed by atoms with Gasteiger partial charge in [0, 0.05) is 18.2 Å². The largest absolute Gasteiger partial charge is 0.349 e. The summed E-state index contributed by atoms with van der Waals surface area (Å²) in [5.41, 5.74) is 1.08. The van der Waals surface area contributed by atoms with Crippen LogP contribution in [0.15, 0.2) is 24.3 Å². The van der Waals surface area contributed by atoms with E-state index in [-0.39, 0.29) is 0 Å². The Bertz CT molecular complexity index is 287. The molecular weight excluding hydrogens is 170 g/mol. The topological polar surface area (TPSA) is 69.6 Å². The molecule has 1 aromatic rings. The fraction of sp³-hybridized carbons (Fsp3) is 0.222. The van der Waals surface area contributed by atoms with Gasteiger partial charge in [-0.15, -0.1) is 0 Å². The molecule has 0 amide bonds. The van der Waals surface area contributed by atoms with Gasteiger partial charge in [0.05, 0.1) is 0 Å². The molecule has 0 aliphatic carbocycles. The molecule has 1 aromatic carbocycles. The normalized spacial score (nSPS) is 11.0. The zero-order valence-corrected chi connectivity index (χ0v) is 7.19. The lowest BCUT2D eigenvalue weighted by atomic mass is 10.2. The summed E-state index contributed by atoms with van der Waals surface area (Å²) in [6.45, 7) is 1.21. The number of carbonyl (C=O) groups is 1. The first kappa shape index (κ1) is 9.70. The summed E-state index contributed by atoms with van der Waals surface area (Å²) < 4.78 is 0. The number of hydrogen-bond acceptors (Lipinski definition) is 4. The first-order valence-electron chi connectivity index (χ1n) is 3.79. The van der Waals surface area contributed by atoms with Crippen molar-refractivity contribution in [3.8, 4) is 0 Å². The quantitative estimate of drug-likeness (QED) is 0.471. The molecule has 0 aliphatic heterocycles. The van der Waals surface area contributed by atoms with E-state index in [0.29, 0.717) is 11.3 Å². The van der Waals surface area contributed by atoms with Crippen molar-refractivity contribution in [3.05, 3.63) is 29.8 Å². The van der Waals surface area contributed by atoms with Crippen molar-refractivity contribution in [1.82, 2.24) is 0 Å². The fourth-order valence-electron chi connectivity index (χ4n) is 0.918. The van der Waals surface area contributed by atoms with Gasteiger partial charge >= 0.3 is 0 Å². The van der Waals surface area contributed by atoms with Gasteiger partial charge in [-0.25, -0.2) is 0 Å². The van der Waals surface area contributed by atoms with Crippen LogP contribution < -0.4 is 5.32 Å². The molecule has 4 heteroatoms. The molecule has 3 N–H and O–H groups in total. The van der Waals surface area contributed by atoms with Crippen LogP contribution in [-0.2, 0) is 0 Å². The smallest absolute Gasteiger partial charge is 0.241 e. The molecule has 13 heavy (non-hydrogen) atoms. The van der Waals surface area contributed by atoms with E-state index in [9.17, 15) is 4.79 Å². The zero-order valence-electron chi connectivity index (χ0n) is 7.19. The molecule has 0 atom stereocenters. The third-order valence-corrected chi connectivity index (χ3v) is 1.43. The van der Waals surface area contributed by atoms with Gasteiger partial charge in [-0.3, -0.25) is 4.79 Å². The Hall–Kier alpha value is -1.39. The van der Waals surface area contributed by atoms with Crippen molar-refractivity contribution in [1.29, 1.82) is 0 Å². The van der Waals surface area contributed by atoms with Crippen LogP contribution in [0.1, 0.15) is 17.3 Å². The standard InChI is InChI=1S/C9H11NO3/c1-9(12,13)10-8-4-2-7(6-11)3-5-8/h2-6,10,12-13H,1H3. The Balaban J connectivity index is 2.75. The molecule has 0 bridgehead atoms. The summed E-state index contributed by atoms with van der Waals surface area (Å²) >= 11 is 0. The van der Waals surface area contributed by atoms with E-state index in [1.54, 1.807) is 24.3 Å². The van der Waals surface area contributed by atoms with E-state index in [4.69, 9.17) is 10.2 Å². The summed E-state index contributed by atoms with van der Waals surface area (Å²) in [4.78, 5) is 10.3. The molecule has 0 aromatic heterocycles. The highest BCUT2D eigenvalue weighted by Crippen LogP contribution is 2.11. The number of aldehydes is 1. The fourth-order valence-corrected chi connectivity index (χ4v) is 0.918. The van der Waals surface area contributed by atoms with Crippen LogP contribution in [0.2, 0.25) is 0 Å². The van der Waals surface area contributed by atoms with Crippen molar-refractivity contribution in [2.45, 2.75) is 12.8 Å². The Kier molecular flexibility index (Phi) is 2.65. The van der Waals surface area contributed by atoms with Crippen LogP contribution in [0, 0.1) is 0 Å². The average Bonchev–Trinajstić information content (AvgIpc) is 2.03. The molecule has 4 nitrogen and oxygen atoms in total. The molecule has 0 unspecified atom stereocenters. The maximum absolute atomic E-state index is 10.3. The highest BCUT2D eigenvalue weighted by molar-refractivity contribution is 5.75. The number of hydrogen-bond donors (Lipinski definition) is 3. The van der Waals surface area contributed by atoms with Gasteiger partial charge in [0.1, 0.15) is 6.29 Å². The predicted molar refractivity (Wildman–Crippen MR) is 48.3 cm³/mol. The molecule has 0 saturated heterocycles. The molecule has 1 rings (SSSR count). The summed E-state index contributed by atoms with van der Waals surface area (Å²) in [7, 11) is 0. The van der Waals surface area contributed by atoms with Gasteiger partial charge in [-0.1, -0.05) is 0 Å². The van der Waals surface area contributed by atoms with Crippen LogP contribution >= 0.6 is 0 Å². The number of aliphatic hydroxyl groups is 2. The number of benzene rings is 1. The second-order valence-electron chi connectivity index (χ2n) is 2.89. The predicted octanol–water partition coefficient (Wildman–Crippen LogP) is 0.569. The van der Waals surface area contributed by atoms with Crippen molar-refractivity contribution < 1.29 is 15.0 Å². The van der Waals surface area contributed by atoms with Gasteiger partial charge in [-0.05, 0) is 24.3 Å². The number of nitrogens with one attached hydrogen (secondary N) is 1.